The van der Waals surface area contributed by atoms with Crippen LogP contribution in [0, 0.1) is 0 Å². The molecule has 1 fully saturated rings. The molecule has 176 valence electrons. The summed E-state index contributed by atoms with van der Waals surface area (Å²) >= 11 is 0. The molecule has 0 saturated heterocycles. The monoisotopic (exact) mass is 459 g/mol. The van der Waals surface area contributed by atoms with E-state index in [-0.39, 0.29) is 17.9 Å². The summed E-state index contributed by atoms with van der Waals surface area (Å²) in [4.78, 5) is 32.3. The van der Waals surface area contributed by atoms with Crippen molar-refractivity contribution in [2.45, 2.75) is 51.2 Å². The molecule has 5 rings (SSSR count). The summed E-state index contributed by atoms with van der Waals surface area (Å²) in [6.45, 7) is 1.46. The Morgan fingerprint density at radius 1 is 1.12 bits per heavy atom. The number of methoxy groups -OCH3 is 1. The smallest absolute Gasteiger partial charge is 0.272 e. The first kappa shape index (κ1) is 22.1. The lowest BCUT2D eigenvalue weighted by molar-refractivity contribution is 0.0724. The maximum atomic E-state index is 13.2. The number of rotatable bonds is 6. The van der Waals surface area contributed by atoms with Gasteiger partial charge in [-0.3, -0.25) is 19.3 Å². The zero-order chi connectivity index (χ0) is 23.5. The first-order valence-electron chi connectivity index (χ1n) is 11.8. The molecule has 1 aromatic carbocycles. The number of pyridine rings is 1. The van der Waals surface area contributed by atoms with Gasteiger partial charge in [-0.1, -0.05) is 31.0 Å². The molecule has 0 spiro atoms. The predicted molar refractivity (Wildman–Crippen MR) is 127 cm³/mol. The number of hydrogen-bond donors (Lipinski definition) is 1. The Morgan fingerprint density at radius 2 is 1.91 bits per heavy atom. The summed E-state index contributed by atoms with van der Waals surface area (Å²) in [5.41, 5.74) is 3.75. The number of benzene rings is 1. The molecule has 2 amide bonds. The fourth-order valence-corrected chi connectivity index (χ4v) is 4.86. The Balaban J connectivity index is 1.44. The fraction of sp³-hybridized carbons (Fsp3) is 0.385. The Kier molecular flexibility index (Phi) is 6.29. The van der Waals surface area contributed by atoms with Gasteiger partial charge in [-0.05, 0) is 42.7 Å². The van der Waals surface area contributed by atoms with Crippen molar-refractivity contribution in [3.8, 4) is 5.75 Å². The van der Waals surface area contributed by atoms with Crippen LogP contribution in [0.25, 0.3) is 0 Å². The lowest BCUT2D eigenvalue weighted by Crippen LogP contribution is -2.38. The van der Waals surface area contributed by atoms with Gasteiger partial charge in [-0.2, -0.15) is 5.10 Å². The Bertz CT molecular complexity index is 1170. The summed E-state index contributed by atoms with van der Waals surface area (Å²) < 4.78 is 7.18. The van der Waals surface area contributed by atoms with Gasteiger partial charge in [0.25, 0.3) is 11.8 Å². The third-order valence-electron chi connectivity index (χ3n) is 6.70. The lowest BCUT2D eigenvalue weighted by atomic mass is 10.0. The molecular weight excluding hydrogens is 430 g/mol. The van der Waals surface area contributed by atoms with Gasteiger partial charge < -0.3 is 15.0 Å². The van der Waals surface area contributed by atoms with E-state index < -0.39 is 0 Å². The van der Waals surface area contributed by atoms with Crippen LogP contribution in [0.3, 0.4) is 0 Å². The minimum absolute atomic E-state index is 0.128. The maximum Gasteiger partial charge on any atom is 0.272 e. The topological polar surface area (TPSA) is 89.4 Å². The van der Waals surface area contributed by atoms with Gasteiger partial charge in [0.05, 0.1) is 20.2 Å². The second-order valence-electron chi connectivity index (χ2n) is 8.93. The molecular formula is C26H29N5O3. The number of fused-ring (bicyclic) bond motifs is 1. The van der Waals surface area contributed by atoms with Gasteiger partial charge >= 0.3 is 0 Å². The normalized spacial score (nSPS) is 15.7. The van der Waals surface area contributed by atoms with Crippen molar-refractivity contribution in [2.24, 2.45) is 0 Å². The highest BCUT2D eigenvalue weighted by atomic mass is 16.5. The van der Waals surface area contributed by atoms with E-state index in [0.29, 0.717) is 37.4 Å². The van der Waals surface area contributed by atoms with Gasteiger partial charge in [0, 0.05) is 36.5 Å². The van der Waals surface area contributed by atoms with E-state index in [1.807, 2.05) is 35.0 Å². The van der Waals surface area contributed by atoms with E-state index in [0.717, 1.165) is 48.3 Å². The average molecular weight is 460 g/mol. The second-order valence-corrected chi connectivity index (χ2v) is 8.93. The molecule has 0 unspecified atom stereocenters. The van der Waals surface area contributed by atoms with Crippen molar-refractivity contribution in [1.82, 2.24) is 25.0 Å². The molecule has 1 aliphatic carbocycles. The molecule has 2 aliphatic rings. The fourth-order valence-electron chi connectivity index (χ4n) is 4.86. The lowest BCUT2D eigenvalue weighted by Gasteiger charge is -2.27. The average Bonchev–Trinajstić information content (AvgIpc) is 3.52. The number of carbonyl (C=O) groups excluding carboxylic acids is 2. The molecule has 3 aromatic rings. The van der Waals surface area contributed by atoms with E-state index in [2.05, 4.69) is 10.3 Å². The van der Waals surface area contributed by atoms with Gasteiger partial charge in [0.1, 0.15) is 11.4 Å². The van der Waals surface area contributed by atoms with Gasteiger partial charge in [-0.25, -0.2) is 0 Å². The number of aromatic nitrogens is 3. The number of nitrogens with one attached hydrogen (secondary N) is 1. The van der Waals surface area contributed by atoms with Crippen LogP contribution in [-0.2, 0) is 19.5 Å². The zero-order valence-electron chi connectivity index (χ0n) is 19.4. The van der Waals surface area contributed by atoms with Crippen LogP contribution in [0.15, 0.2) is 48.7 Å². The molecule has 3 heterocycles. The Labute approximate surface area is 198 Å². The summed E-state index contributed by atoms with van der Waals surface area (Å²) in [6.07, 6.45) is 6.54. The third-order valence-corrected chi connectivity index (χ3v) is 6.70. The van der Waals surface area contributed by atoms with Crippen molar-refractivity contribution in [1.29, 1.82) is 0 Å². The first-order chi connectivity index (χ1) is 16.6. The highest BCUT2D eigenvalue weighted by Crippen LogP contribution is 2.26. The van der Waals surface area contributed by atoms with Crippen LogP contribution in [0.2, 0.25) is 0 Å². The predicted octanol–water partition coefficient (Wildman–Crippen LogP) is 3.21. The van der Waals surface area contributed by atoms with Crippen molar-refractivity contribution in [2.75, 3.05) is 13.7 Å². The van der Waals surface area contributed by atoms with Crippen LogP contribution in [0.5, 0.6) is 5.75 Å². The number of carbonyl (C=O) groups is 2. The Hall–Kier alpha value is -3.68. The Morgan fingerprint density at radius 3 is 2.62 bits per heavy atom. The molecule has 0 atom stereocenters. The number of amides is 2. The minimum atomic E-state index is -0.149. The van der Waals surface area contributed by atoms with Crippen molar-refractivity contribution >= 4 is 11.8 Å². The van der Waals surface area contributed by atoms with Gasteiger partial charge in [0.15, 0.2) is 5.69 Å². The molecule has 34 heavy (non-hydrogen) atoms. The van der Waals surface area contributed by atoms with E-state index in [9.17, 15) is 9.59 Å². The van der Waals surface area contributed by atoms with Crippen LogP contribution >= 0.6 is 0 Å². The highest BCUT2D eigenvalue weighted by Gasteiger charge is 2.31. The number of hydrogen-bond acceptors (Lipinski definition) is 5. The molecule has 8 nitrogen and oxygen atoms in total. The van der Waals surface area contributed by atoms with Crippen molar-refractivity contribution < 1.29 is 14.3 Å². The number of ether oxygens (including phenoxy) is 1. The van der Waals surface area contributed by atoms with E-state index >= 15 is 0 Å². The van der Waals surface area contributed by atoms with Crippen LogP contribution in [-0.4, -0.2) is 51.2 Å². The summed E-state index contributed by atoms with van der Waals surface area (Å²) in [7, 11) is 1.64. The summed E-state index contributed by atoms with van der Waals surface area (Å²) in [5.74, 6) is 0.520. The van der Waals surface area contributed by atoms with Gasteiger partial charge in [-0.15, -0.1) is 0 Å². The second kappa shape index (κ2) is 9.67. The molecule has 8 heteroatoms. The summed E-state index contributed by atoms with van der Waals surface area (Å²) in [5, 5.41) is 7.92. The number of nitrogens with zero attached hydrogens (tertiary/aromatic N) is 4. The van der Waals surface area contributed by atoms with Crippen molar-refractivity contribution in [3.05, 3.63) is 76.9 Å². The van der Waals surface area contributed by atoms with Crippen LogP contribution in [0.1, 0.15) is 63.5 Å². The minimum Gasteiger partial charge on any atom is -0.497 e. The van der Waals surface area contributed by atoms with E-state index in [4.69, 9.17) is 9.84 Å². The van der Waals surface area contributed by atoms with Gasteiger partial charge in [0.2, 0.25) is 0 Å². The van der Waals surface area contributed by atoms with E-state index in [1.54, 1.807) is 30.3 Å². The van der Waals surface area contributed by atoms with Crippen molar-refractivity contribution in [3.63, 3.8) is 0 Å². The highest BCUT2D eigenvalue weighted by molar-refractivity contribution is 5.95. The first-order valence-corrected chi connectivity index (χ1v) is 11.8. The largest absolute Gasteiger partial charge is 0.497 e. The quantitative estimate of drug-likeness (QED) is 0.612. The third kappa shape index (κ3) is 4.53. The zero-order valence-corrected chi connectivity index (χ0v) is 19.4. The standard InChI is InChI=1S/C26H29N5O3/c1-34-20-11-9-18(10-12-20)16-31-23-13-15-30(26(33)22-8-4-5-14-27-22)17-21(23)24(29-31)25(32)28-19-6-2-3-7-19/h4-5,8-12,14,19H,2-3,6-7,13,15-17H2,1H3,(H,28,32). The molecule has 0 radical (unpaired) electrons. The molecule has 1 saturated carbocycles. The van der Waals surface area contributed by atoms with Crippen LogP contribution in [0.4, 0.5) is 0 Å². The summed E-state index contributed by atoms with van der Waals surface area (Å²) in [6, 6.07) is 13.4. The molecule has 2 aromatic heterocycles. The molecule has 0 bridgehead atoms. The van der Waals surface area contributed by atoms with Crippen LogP contribution < -0.4 is 10.1 Å². The van der Waals surface area contributed by atoms with E-state index in [1.165, 1.54) is 0 Å². The maximum absolute atomic E-state index is 13.2. The molecule has 1 N–H and O–H groups in total. The SMILES string of the molecule is COc1ccc(Cn2nc(C(=O)NC3CCCC3)c3c2CCN(C(=O)c2ccccn2)C3)cc1. The molecule has 1 aliphatic heterocycles.